The van der Waals surface area contributed by atoms with Gasteiger partial charge < -0.3 is 4.74 Å². The monoisotopic (exact) mass is 362 g/mol. The highest BCUT2D eigenvalue weighted by molar-refractivity contribution is 7.81. The second kappa shape index (κ2) is 5.68. The average molecular weight is 362 g/mol. The molecule has 4 saturated carbocycles. The minimum Gasteiger partial charge on any atom is -0.458 e. The number of hydrogen-bond donors (Lipinski definition) is 1. The molecule has 0 spiro atoms. The van der Waals surface area contributed by atoms with Crippen molar-refractivity contribution in [1.29, 1.82) is 0 Å². The molecule has 24 heavy (non-hydrogen) atoms. The maximum atomic E-state index is 12.7. The number of carbonyl (C=O) groups excluding carboxylic acids is 1. The van der Waals surface area contributed by atoms with Gasteiger partial charge in [0, 0.05) is 10.7 Å². The molecule has 4 rings (SSSR count). The number of ether oxygens (including phenoxy) is 1. The summed E-state index contributed by atoms with van der Waals surface area (Å²) in [5, 5.41) is 0.246. The molecule has 0 heterocycles. The molecule has 0 aromatic carbocycles. The minimum atomic E-state index is -4.74. The number of carbonyl (C=O) groups is 1. The van der Waals surface area contributed by atoms with Crippen LogP contribution < -0.4 is 0 Å². The maximum absolute atomic E-state index is 12.7. The normalized spacial score (nSPS) is 40.2. The highest BCUT2D eigenvalue weighted by Crippen LogP contribution is 2.68. The lowest BCUT2D eigenvalue weighted by Crippen LogP contribution is -2.58. The number of rotatable bonds is 4. The maximum Gasteiger partial charge on any atom is 0.422 e. The Hall–Kier alpha value is -0.650. The first kappa shape index (κ1) is 18.2. The topological polar surface area (TPSA) is 26.3 Å². The zero-order chi connectivity index (χ0) is 17.9. The predicted molar refractivity (Wildman–Crippen MR) is 88.7 cm³/mol. The summed E-state index contributed by atoms with van der Waals surface area (Å²) >= 11 is 4.72. The van der Waals surface area contributed by atoms with Crippen LogP contribution >= 0.6 is 12.6 Å². The van der Waals surface area contributed by atoms with Gasteiger partial charge in [0.1, 0.15) is 11.7 Å². The first-order valence-corrected chi connectivity index (χ1v) is 9.14. The van der Waals surface area contributed by atoms with Gasteiger partial charge in [0.25, 0.3) is 0 Å². The van der Waals surface area contributed by atoms with E-state index in [0.717, 1.165) is 32.1 Å². The van der Waals surface area contributed by atoms with Crippen molar-refractivity contribution in [1.82, 2.24) is 0 Å². The van der Waals surface area contributed by atoms with Crippen molar-refractivity contribution >= 4 is 18.6 Å². The van der Waals surface area contributed by atoms with Crippen molar-refractivity contribution in [2.75, 3.05) is 0 Å². The van der Waals surface area contributed by atoms with Gasteiger partial charge in [-0.05, 0) is 62.7 Å². The summed E-state index contributed by atoms with van der Waals surface area (Å²) in [6.07, 6.45) is 1.00. The molecule has 4 fully saturated rings. The first-order chi connectivity index (χ1) is 11.0. The van der Waals surface area contributed by atoms with Gasteiger partial charge in [-0.25, -0.2) is 4.79 Å². The average Bonchev–Trinajstić information content (AvgIpc) is 2.43. The Morgan fingerprint density at radius 1 is 1.17 bits per heavy atom. The lowest BCUT2D eigenvalue weighted by atomic mass is 9.42. The quantitative estimate of drug-likeness (QED) is 0.435. The van der Waals surface area contributed by atoms with Crippen LogP contribution in [-0.2, 0) is 9.53 Å². The van der Waals surface area contributed by atoms with E-state index in [0.29, 0.717) is 11.8 Å². The third-order valence-electron chi connectivity index (χ3n) is 6.77. The molecule has 6 heteroatoms. The van der Waals surface area contributed by atoms with Crippen molar-refractivity contribution < 1.29 is 22.7 Å². The number of halogens is 3. The van der Waals surface area contributed by atoms with Crippen LogP contribution in [0.3, 0.4) is 0 Å². The molecule has 4 unspecified atom stereocenters. The summed E-state index contributed by atoms with van der Waals surface area (Å²) in [7, 11) is 0. The molecule has 4 aliphatic carbocycles. The van der Waals surface area contributed by atoms with Crippen LogP contribution in [0.4, 0.5) is 13.2 Å². The number of esters is 1. The second-order valence-electron chi connectivity index (χ2n) is 8.39. The van der Waals surface area contributed by atoms with Crippen molar-refractivity contribution in [3.05, 3.63) is 12.2 Å². The Bertz CT molecular complexity index is 541. The van der Waals surface area contributed by atoms with Gasteiger partial charge in [-0.2, -0.15) is 25.8 Å². The second-order valence-corrected chi connectivity index (χ2v) is 9.16. The van der Waals surface area contributed by atoms with E-state index in [-0.39, 0.29) is 16.1 Å². The van der Waals surface area contributed by atoms with Crippen LogP contribution in [0.5, 0.6) is 0 Å². The predicted octanol–water partition coefficient (Wildman–Crippen LogP) is 4.94. The molecule has 0 radical (unpaired) electrons. The zero-order valence-electron chi connectivity index (χ0n) is 14.2. The fourth-order valence-electron chi connectivity index (χ4n) is 5.84. The van der Waals surface area contributed by atoms with Crippen molar-refractivity contribution in [3.8, 4) is 0 Å². The summed E-state index contributed by atoms with van der Waals surface area (Å²) in [6.45, 7) is 6.73. The SMILES string of the molecule is C=C(C(=O)OC(C)C12CC3CC(CC(C(C)S)(C3)C1)C2)C(F)(F)F. The molecular weight excluding hydrogens is 337 g/mol. The van der Waals surface area contributed by atoms with Gasteiger partial charge in [-0.15, -0.1) is 0 Å². The number of thiol groups is 1. The van der Waals surface area contributed by atoms with E-state index in [2.05, 4.69) is 13.5 Å². The first-order valence-electron chi connectivity index (χ1n) is 8.63. The van der Waals surface area contributed by atoms with Gasteiger partial charge in [0.2, 0.25) is 0 Å². The van der Waals surface area contributed by atoms with E-state index in [1.54, 1.807) is 6.92 Å². The Balaban J connectivity index is 1.78. The van der Waals surface area contributed by atoms with Gasteiger partial charge in [0.15, 0.2) is 0 Å². The van der Waals surface area contributed by atoms with Crippen molar-refractivity contribution in [2.24, 2.45) is 22.7 Å². The van der Waals surface area contributed by atoms with E-state index in [4.69, 9.17) is 17.4 Å². The van der Waals surface area contributed by atoms with Gasteiger partial charge >= 0.3 is 12.1 Å². The summed E-state index contributed by atoms with van der Waals surface area (Å²) in [5.41, 5.74) is -1.49. The van der Waals surface area contributed by atoms with Crippen molar-refractivity contribution in [2.45, 2.75) is 69.9 Å². The van der Waals surface area contributed by atoms with Crippen LogP contribution in [0, 0.1) is 22.7 Å². The Kier molecular flexibility index (Phi) is 4.30. The van der Waals surface area contributed by atoms with E-state index < -0.39 is 23.8 Å². The van der Waals surface area contributed by atoms with E-state index in [1.165, 1.54) is 6.42 Å². The molecule has 4 bridgehead atoms. The largest absolute Gasteiger partial charge is 0.458 e. The molecule has 136 valence electrons. The van der Waals surface area contributed by atoms with Crippen LogP contribution in [-0.4, -0.2) is 23.5 Å². The summed E-state index contributed by atoms with van der Waals surface area (Å²) in [5.74, 6) is -0.181. The molecule has 0 N–H and O–H groups in total. The molecule has 2 nitrogen and oxygen atoms in total. The Labute approximate surface area is 146 Å². The molecule has 4 aliphatic rings. The van der Waals surface area contributed by atoms with Gasteiger partial charge in [-0.1, -0.05) is 13.5 Å². The van der Waals surface area contributed by atoms with Crippen molar-refractivity contribution in [3.63, 3.8) is 0 Å². The van der Waals surface area contributed by atoms with Crippen LogP contribution in [0.25, 0.3) is 0 Å². The molecule has 0 amide bonds. The van der Waals surface area contributed by atoms with E-state index in [9.17, 15) is 18.0 Å². The molecule has 4 atom stereocenters. The van der Waals surface area contributed by atoms with Gasteiger partial charge in [-0.3, -0.25) is 0 Å². The third-order valence-corrected chi connectivity index (χ3v) is 7.32. The molecular formula is C18H25F3O2S. The fraction of sp³-hybridized carbons (Fsp3) is 0.833. The highest BCUT2D eigenvalue weighted by Gasteiger charge is 2.61. The van der Waals surface area contributed by atoms with E-state index in [1.807, 2.05) is 0 Å². The zero-order valence-corrected chi connectivity index (χ0v) is 15.1. The van der Waals surface area contributed by atoms with E-state index >= 15 is 0 Å². The Morgan fingerprint density at radius 2 is 1.67 bits per heavy atom. The molecule has 0 aromatic heterocycles. The molecule has 0 aliphatic heterocycles. The van der Waals surface area contributed by atoms with Crippen LogP contribution in [0.1, 0.15) is 52.4 Å². The minimum absolute atomic E-state index is 0.134. The highest BCUT2D eigenvalue weighted by atomic mass is 32.1. The smallest absolute Gasteiger partial charge is 0.422 e. The number of hydrogen-bond acceptors (Lipinski definition) is 3. The summed E-state index contributed by atoms with van der Waals surface area (Å²) < 4.78 is 43.3. The fourth-order valence-corrected chi connectivity index (χ4v) is 6.14. The summed E-state index contributed by atoms with van der Waals surface area (Å²) in [4.78, 5) is 11.9. The molecule has 0 saturated heterocycles. The van der Waals surface area contributed by atoms with Crippen LogP contribution in [0.15, 0.2) is 12.2 Å². The Morgan fingerprint density at radius 3 is 2.12 bits per heavy atom. The lowest BCUT2D eigenvalue weighted by molar-refractivity contribution is -0.185. The number of alkyl halides is 3. The molecule has 0 aromatic rings. The lowest BCUT2D eigenvalue weighted by Gasteiger charge is -2.64. The van der Waals surface area contributed by atoms with Crippen LogP contribution in [0.2, 0.25) is 0 Å². The van der Waals surface area contributed by atoms with Gasteiger partial charge in [0.05, 0.1) is 0 Å². The standard InChI is InChI=1S/C18H25F3O2S/c1-10(18(19,20)21)15(22)23-11(2)16-5-13-4-14(6-16)8-17(7-13,9-16)12(3)24/h11-14,24H,1,4-9H2,2-3H3. The summed E-state index contributed by atoms with van der Waals surface area (Å²) in [6, 6.07) is 0. The third kappa shape index (κ3) is 2.89.